The van der Waals surface area contributed by atoms with Gasteiger partial charge in [-0.25, -0.2) is 0 Å². The van der Waals surface area contributed by atoms with Gasteiger partial charge >= 0.3 is 5.97 Å². The number of esters is 1. The lowest BCUT2D eigenvalue weighted by Crippen LogP contribution is -2.35. The molecule has 0 aromatic heterocycles. The fraction of sp³-hybridized carbons (Fsp3) is 0.562. The molecular formula is C16H26N2O3. The molecule has 1 rings (SSSR count). The van der Waals surface area contributed by atoms with Crippen molar-refractivity contribution in [2.75, 3.05) is 40.5 Å². The molecular weight excluding hydrogens is 268 g/mol. The van der Waals surface area contributed by atoms with Crippen LogP contribution in [-0.2, 0) is 14.3 Å². The molecule has 0 saturated carbocycles. The van der Waals surface area contributed by atoms with E-state index in [0.717, 1.165) is 13.0 Å². The van der Waals surface area contributed by atoms with E-state index in [2.05, 4.69) is 17.0 Å². The highest BCUT2D eigenvalue weighted by molar-refractivity contribution is 5.69. The molecule has 0 aliphatic carbocycles. The first-order chi connectivity index (χ1) is 10.2. The quantitative estimate of drug-likeness (QED) is 0.664. The van der Waals surface area contributed by atoms with Gasteiger partial charge in [0.05, 0.1) is 20.1 Å². The highest BCUT2D eigenvalue weighted by atomic mass is 16.5. The molecule has 0 radical (unpaired) electrons. The molecule has 0 aliphatic rings. The average molecular weight is 294 g/mol. The Morgan fingerprint density at radius 1 is 1.24 bits per heavy atom. The first-order valence-corrected chi connectivity index (χ1v) is 7.27. The van der Waals surface area contributed by atoms with Crippen molar-refractivity contribution in [1.82, 2.24) is 4.90 Å². The van der Waals surface area contributed by atoms with Crippen molar-refractivity contribution in [3.63, 3.8) is 0 Å². The number of benzene rings is 1. The van der Waals surface area contributed by atoms with Crippen molar-refractivity contribution < 1.29 is 14.3 Å². The second-order valence-electron chi connectivity index (χ2n) is 4.86. The van der Waals surface area contributed by atoms with Crippen molar-refractivity contribution in [2.45, 2.75) is 18.9 Å². The van der Waals surface area contributed by atoms with E-state index >= 15 is 0 Å². The third-order valence-corrected chi connectivity index (χ3v) is 3.48. The third kappa shape index (κ3) is 6.25. The van der Waals surface area contributed by atoms with E-state index in [1.54, 1.807) is 7.11 Å². The van der Waals surface area contributed by atoms with Gasteiger partial charge in [-0.05, 0) is 18.5 Å². The molecule has 5 heteroatoms. The molecule has 5 nitrogen and oxygen atoms in total. The molecule has 1 atom stereocenters. The van der Waals surface area contributed by atoms with Crippen molar-refractivity contribution in [3.05, 3.63) is 35.9 Å². The molecule has 1 aromatic rings. The number of hydrogen-bond acceptors (Lipinski definition) is 5. The van der Waals surface area contributed by atoms with Crippen LogP contribution >= 0.6 is 0 Å². The van der Waals surface area contributed by atoms with Gasteiger partial charge < -0.3 is 15.2 Å². The molecule has 1 unspecified atom stereocenters. The van der Waals surface area contributed by atoms with Gasteiger partial charge in [-0.2, -0.15) is 0 Å². The zero-order chi connectivity index (χ0) is 15.5. The number of nitrogens with zero attached hydrogens (tertiary/aromatic N) is 1. The fourth-order valence-corrected chi connectivity index (χ4v) is 2.36. The first kappa shape index (κ1) is 17.6. The van der Waals surface area contributed by atoms with Crippen molar-refractivity contribution in [3.8, 4) is 0 Å². The Kier molecular flexibility index (Phi) is 8.66. The van der Waals surface area contributed by atoms with Crippen LogP contribution in [0, 0.1) is 0 Å². The maximum atomic E-state index is 11.4. The van der Waals surface area contributed by atoms with Gasteiger partial charge in [-0.3, -0.25) is 9.69 Å². The predicted octanol–water partition coefficient (Wildman–Crippen LogP) is 1.59. The van der Waals surface area contributed by atoms with Gasteiger partial charge in [0, 0.05) is 26.2 Å². The Labute approximate surface area is 127 Å². The SMILES string of the molecule is COCCN(CCC(=O)OC)C(CCN)c1ccccc1. The van der Waals surface area contributed by atoms with Crippen LogP contribution in [0.25, 0.3) is 0 Å². The first-order valence-electron chi connectivity index (χ1n) is 7.27. The number of methoxy groups -OCH3 is 2. The Balaban J connectivity index is 2.81. The zero-order valence-electron chi connectivity index (χ0n) is 13.0. The summed E-state index contributed by atoms with van der Waals surface area (Å²) in [6.45, 7) is 2.61. The minimum Gasteiger partial charge on any atom is -0.469 e. The largest absolute Gasteiger partial charge is 0.469 e. The number of rotatable bonds is 10. The van der Waals surface area contributed by atoms with Crippen LogP contribution in [0.4, 0.5) is 0 Å². The van der Waals surface area contributed by atoms with Crippen molar-refractivity contribution >= 4 is 5.97 Å². The topological polar surface area (TPSA) is 64.8 Å². The monoisotopic (exact) mass is 294 g/mol. The van der Waals surface area contributed by atoms with E-state index in [1.807, 2.05) is 18.2 Å². The minimum atomic E-state index is -0.197. The maximum Gasteiger partial charge on any atom is 0.306 e. The van der Waals surface area contributed by atoms with Crippen LogP contribution in [-0.4, -0.2) is 51.3 Å². The summed E-state index contributed by atoms with van der Waals surface area (Å²) in [6, 6.07) is 10.4. The van der Waals surface area contributed by atoms with Crippen LogP contribution in [0.3, 0.4) is 0 Å². The number of carbonyl (C=O) groups excluding carboxylic acids is 1. The van der Waals surface area contributed by atoms with Gasteiger partial charge in [-0.15, -0.1) is 0 Å². The Morgan fingerprint density at radius 3 is 2.52 bits per heavy atom. The summed E-state index contributed by atoms with van der Waals surface area (Å²) in [7, 11) is 3.09. The van der Waals surface area contributed by atoms with E-state index < -0.39 is 0 Å². The lowest BCUT2D eigenvalue weighted by molar-refractivity contribution is -0.141. The second-order valence-corrected chi connectivity index (χ2v) is 4.86. The molecule has 0 spiro atoms. The summed E-state index contributed by atoms with van der Waals surface area (Å²) in [5.74, 6) is -0.197. The average Bonchev–Trinajstić information content (AvgIpc) is 2.53. The minimum absolute atomic E-state index is 0.191. The summed E-state index contributed by atoms with van der Waals surface area (Å²) >= 11 is 0. The third-order valence-electron chi connectivity index (χ3n) is 3.48. The summed E-state index contributed by atoms with van der Waals surface area (Å²) in [6.07, 6.45) is 1.21. The van der Waals surface area contributed by atoms with Crippen LogP contribution in [0.5, 0.6) is 0 Å². The van der Waals surface area contributed by atoms with E-state index in [-0.39, 0.29) is 12.0 Å². The Morgan fingerprint density at radius 2 is 1.95 bits per heavy atom. The van der Waals surface area contributed by atoms with Crippen LogP contribution in [0.2, 0.25) is 0 Å². The van der Waals surface area contributed by atoms with E-state index in [1.165, 1.54) is 12.7 Å². The molecule has 0 aliphatic heterocycles. The van der Waals surface area contributed by atoms with Gasteiger partial charge in [0.2, 0.25) is 0 Å². The highest BCUT2D eigenvalue weighted by Crippen LogP contribution is 2.23. The molecule has 0 bridgehead atoms. The van der Waals surface area contributed by atoms with Gasteiger partial charge in [0.25, 0.3) is 0 Å². The predicted molar refractivity (Wildman–Crippen MR) is 82.9 cm³/mol. The molecule has 0 saturated heterocycles. The molecule has 2 N–H and O–H groups in total. The van der Waals surface area contributed by atoms with Gasteiger partial charge in [0.15, 0.2) is 0 Å². The number of ether oxygens (including phenoxy) is 2. The van der Waals surface area contributed by atoms with Crippen molar-refractivity contribution in [1.29, 1.82) is 0 Å². The summed E-state index contributed by atoms with van der Waals surface area (Å²) in [4.78, 5) is 13.6. The lowest BCUT2D eigenvalue weighted by Gasteiger charge is -2.31. The normalized spacial score (nSPS) is 12.4. The van der Waals surface area contributed by atoms with Crippen LogP contribution in [0.1, 0.15) is 24.4 Å². The Bertz CT molecular complexity index is 398. The maximum absolute atomic E-state index is 11.4. The summed E-state index contributed by atoms with van der Waals surface area (Å²) in [5, 5.41) is 0. The second kappa shape index (κ2) is 10.3. The Hall–Kier alpha value is -1.43. The number of carbonyl (C=O) groups is 1. The van der Waals surface area contributed by atoms with Gasteiger partial charge in [0.1, 0.15) is 0 Å². The van der Waals surface area contributed by atoms with Crippen LogP contribution < -0.4 is 5.73 Å². The summed E-state index contributed by atoms with van der Waals surface area (Å²) < 4.78 is 9.91. The summed E-state index contributed by atoms with van der Waals surface area (Å²) in [5.41, 5.74) is 6.98. The number of nitrogens with two attached hydrogens (primary N) is 1. The fourth-order valence-electron chi connectivity index (χ4n) is 2.36. The molecule has 0 heterocycles. The lowest BCUT2D eigenvalue weighted by atomic mass is 10.0. The molecule has 118 valence electrons. The zero-order valence-corrected chi connectivity index (χ0v) is 13.0. The smallest absolute Gasteiger partial charge is 0.306 e. The van der Waals surface area contributed by atoms with Crippen LogP contribution in [0.15, 0.2) is 30.3 Å². The highest BCUT2D eigenvalue weighted by Gasteiger charge is 2.20. The molecule has 0 amide bonds. The van der Waals surface area contributed by atoms with Gasteiger partial charge in [-0.1, -0.05) is 30.3 Å². The number of hydrogen-bond donors (Lipinski definition) is 1. The van der Waals surface area contributed by atoms with E-state index in [4.69, 9.17) is 15.2 Å². The molecule has 21 heavy (non-hydrogen) atoms. The standard InChI is InChI=1S/C16H26N2O3/c1-20-13-12-18(11-9-16(19)21-2)15(8-10-17)14-6-4-3-5-7-14/h3-7,15H,8-13,17H2,1-2H3. The van der Waals surface area contributed by atoms with Crippen molar-refractivity contribution in [2.24, 2.45) is 5.73 Å². The van der Waals surface area contributed by atoms with E-state index in [9.17, 15) is 4.79 Å². The molecule has 1 aromatic carbocycles. The van der Waals surface area contributed by atoms with E-state index in [0.29, 0.717) is 26.1 Å². The molecule has 0 fully saturated rings.